The second kappa shape index (κ2) is 9.82. The van der Waals surface area contributed by atoms with Crippen LogP contribution in [-0.4, -0.2) is 31.0 Å². The van der Waals surface area contributed by atoms with Crippen LogP contribution in [0, 0.1) is 0 Å². The van der Waals surface area contributed by atoms with Crippen molar-refractivity contribution in [2.24, 2.45) is 5.73 Å². The lowest BCUT2D eigenvalue weighted by molar-refractivity contribution is -0.122. The molecule has 0 heterocycles. The summed E-state index contributed by atoms with van der Waals surface area (Å²) in [4.78, 5) is 34.9. The first kappa shape index (κ1) is 19.8. The van der Waals surface area contributed by atoms with Crippen molar-refractivity contribution >= 4 is 29.4 Å². The van der Waals surface area contributed by atoms with Gasteiger partial charge in [0.2, 0.25) is 0 Å². The molecule has 4 amide bonds. The van der Waals surface area contributed by atoms with Gasteiger partial charge in [-0.15, -0.1) is 0 Å². The van der Waals surface area contributed by atoms with Crippen LogP contribution >= 0.6 is 11.6 Å². The zero-order chi connectivity index (χ0) is 18.9. The van der Waals surface area contributed by atoms with Crippen LogP contribution in [0.1, 0.15) is 42.5 Å². The molecule has 0 radical (unpaired) electrons. The van der Waals surface area contributed by atoms with Gasteiger partial charge in [0.15, 0.2) is 6.61 Å². The molecule has 0 fully saturated rings. The molecule has 0 bridgehead atoms. The molecule has 0 spiro atoms. The van der Waals surface area contributed by atoms with Gasteiger partial charge in [-0.05, 0) is 50.3 Å². The van der Waals surface area contributed by atoms with E-state index in [1.807, 2.05) is 0 Å². The number of carbonyl (C=O) groups is 3. The molecule has 1 aromatic carbocycles. The molecule has 0 saturated carbocycles. The van der Waals surface area contributed by atoms with Crippen molar-refractivity contribution in [2.45, 2.75) is 32.1 Å². The number of allylic oxidation sites excluding steroid dienone is 1. The molecule has 1 aliphatic rings. The number of nitrogens with two attached hydrogens (primary N) is 1. The van der Waals surface area contributed by atoms with Gasteiger partial charge >= 0.3 is 6.03 Å². The maximum Gasteiger partial charge on any atom is 0.321 e. The molecule has 26 heavy (non-hydrogen) atoms. The summed E-state index contributed by atoms with van der Waals surface area (Å²) in [5.74, 6) is -1.23. The normalized spacial score (nSPS) is 13.5. The number of hydrogen-bond donors (Lipinski definition) is 3. The van der Waals surface area contributed by atoms with Crippen molar-refractivity contribution in [2.75, 3.05) is 13.2 Å². The largest absolute Gasteiger partial charge is 0.483 e. The third-order valence-corrected chi connectivity index (χ3v) is 4.17. The molecule has 140 valence electrons. The van der Waals surface area contributed by atoms with Crippen LogP contribution in [-0.2, 0) is 4.79 Å². The second-order valence-corrected chi connectivity index (χ2v) is 6.39. The predicted molar refractivity (Wildman–Crippen MR) is 98.2 cm³/mol. The van der Waals surface area contributed by atoms with Gasteiger partial charge in [-0.25, -0.2) is 4.79 Å². The van der Waals surface area contributed by atoms with Crippen LogP contribution in [0.4, 0.5) is 4.79 Å². The van der Waals surface area contributed by atoms with Gasteiger partial charge < -0.3 is 15.8 Å². The van der Waals surface area contributed by atoms with Gasteiger partial charge in [-0.2, -0.15) is 0 Å². The van der Waals surface area contributed by atoms with Gasteiger partial charge in [0.25, 0.3) is 11.8 Å². The molecule has 2 rings (SSSR count). The van der Waals surface area contributed by atoms with E-state index in [2.05, 4.69) is 16.7 Å². The van der Waals surface area contributed by atoms with Gasteiger partial charge in [-0.1, -0.05) is 23.3 Å². The Hall–Kier alpha value is -2.54. The Bertz CT molecular complexity index is 718. The number of nitrogens with one attached hydrogen (secondary N) is 2. The minimum atomic E-state index is -0.724. The van der Waals surface area contributed by atoms with Crippen molar-refractivity contribution < 1.29 is 19.1 Å². The Balaban J connectivity index is 1.73. The maximum absolute atomic E-state index is 11.8. The zero-order valence-electron chi connectivity index (χ0n) is 14.3. The molecule has 1 aromatic rings. The van der Waals surface area contributed by atoms with Gasteiger partial charge in [-0.3, -0.25) is 14.9 Å². The Morgan fingerprint density at radius 3 is 2.73 bits per heavy atom. The van der Waals surface area contributed by atoms with Gasteiger partial charge in [0, 0.05) is 11.6 Å². The highest BCUT2D eigenvalue weighted by atomic mass is 35.5. The molecular weight excluding hydrogens is 358 g/mol. The fourth-order valence-corrected chi connectivity index (χ4v) is 2.81. The highest BCUT2D eigenvalue weighted by Crippen LogP contribution is 2.22. The van der Waals surface area contributed by atoms with E-state index in [4.69, 9.17) is 22.1 Å². The summed E-state index contributed by atoms with van der Waals surface area (Å²) >= 11 is 5.80. The number of rotatable bonds is 7. The Kier molecular flexibility index (Phi) is 7.47. The summed E-state index contributed by atoms with van der Waals surface area (Å²) in [6.45, 7) is 0.0370. The van der Waals surface area contributed by atoms with Crippen molar-refractivity contribution in [3.05, 3.63) is 40.4 Å². The molecular formula is C18H22ClN3O4. The first-order chi connectivity index (χ1) is 12.5. The lowest BCUT2D eigenvalue weighted by atomic mass is 9.97. The number of amides is 4. The number of benzene rings is 1. The molecule has 7 nitrogen and oxygen atoms in total. The third-order valence-electron chi connectivity index (χ3n) is 3.94. The summed E-state index contributed by atoms with van der Waals surface area (Å²) in [5, 5.41) is 5.13. The number of carbonyl (C=O) groups excluding carboxylic acids is 3. The fraction of sp³-hybridized carbons (Fsp3) is 0.389. The van der Waals surface area contributed by atoms with Gasteiger partial charge in [0.05, 0.1) is 5.56 Å². The van der Waals surface area contributed by atoms with E-state index in [1.54, 1.807) is 0 Å². The number of ether oxygens (including phenoxy) is 1. The highest BCUT2D eigenvalue weighted by molar-refractivity contribution is 6.31. The Labute approximate surface area is 156 Å². The fourth-order valence-electron chi connectivity index (χ4n) is 2.64. The molecule has 0 aliphatic heterocycles. The van der Waals surface area contributed by atoms with Crippen LogP contribution in [0.15, 0.2) is 29.8 Å². The van der Waals surface area contributed by atoms with Crippen molar-refractivity contribution in [1.82, 2.24) is 10.6 Å². The Morgan fingerprint density at radius 1 is 1.23 bits per heavy atom. The first-order valence-electron chi connectivity index (χ1n) is 8.43. The van der Waals surface area contributed by atoms with E-state index in [1.165, 1.54) is 36.6 Å². The molecule has 8 heteroatoms. The highest BCUT2D eigenvalue weighted by Gasteiger charge is 2.13. The van der Waals surface area contributed by atoms with E-state index in [-0.39, 0.29) is 11.3 Å². The molecule has 0 atom stereocenters. The number of urea groups is 1. The molecule has 1 aliphatic carbocycles. The van der Waals surface area contributed by atoms with Crippen molar-refractivity contribution in [3.63, 3.8) is 0 Å². The minimum absolute atomic E-state index is 0.0653. The summed E-state index contributed by atoms with van der Waals surface area (Å²) in [5.41, 5.74) is 6.65. The lowest BCUT2D eigenvalue weighted by Crippen LogP contribution is -2.42. The summed E-state index contributed by atoms with van der Waals surface area (Å²) in [6, 6.07) is 3.71. The number of primary amides is 1. The van der Waals surface area contributed by atoms with Crippen molar-refractivity contribution in [3.8, 4) is 5.75 Å². The molecule has 4 N–H and O–H groups in total. The van der Waals surface area contributed by atoms with Crippen LogP contribution in [0.2, 0.25) is 5.02 Å². The number of hydrogen-bond acceptors (Lipinski definition) is 4. The summed E-state index contributed by atoms with van der Waals surface area (Å²) in [6.07, 6.45) is 7.56. The zero-order valence-corrected chi connectivity index (χ0v) is 15.1. The SMILES string of the molecule is NC(=O)c1cc(Cl)ccc1OCC(=O)NC(=O)NCCC1=CCCCC1. The number of imide groups is 1. The quantitative estimate of drug-likeness (QED) is 0.632. The third kappa shape index (κ3) is 6.40. The summed E-state index contributed by atoms with van der Waals surface area (Å²) in [7, 11) is 0. The maximum atomic E-state index is 11.8. The molecule has 0 aromatic heterocycles. The van der Waals surface area contributed by atoms with Crippen LogP contribution in [0.3, 0.4) is 0 Å². The van der Waals surface area contributed by atoms with Crippen molar-refractivity contribution in [1.29, 1.82) is 0 Å². The van der Waals surface area contributed by atoms with Crippen LogP contribution < -0.4 is 21.1 Å². The smallest absolute Gasteiger partial charge is 0.321 e. The monoisotopic (exact) mass is 379 g/mol. The Morgan fingerprint density at radius 2 is 2.04 bits per heavy atom. The first-order valence-corrected chi connectivity index (χ1v) is 8.81. The van der Waals surface area contributed by atoms with E-state index < -0.39 is 24.5 Å². The molecule has 0 unspecified atom stereocenters. The van der Waals surface area contributed by atoms with E-state index >= 15 is 0 Å². The number of halogens is 1. The average Bonchev–Trinajstić information content (AvgIpc) is 2.61. The van der Waals surface area contributed by atoms with Crippen LogP contribution in [0.5, 0.6) is 5.75 Å². The average molecular weight is 380 g/mol. The minimum Gasteiger partial charge on any atom is -0.483 e. The van der Waals surface area contributed by atoms with E-state index in [0.717, 1.165) is 19.3 Å². The van der Waals surface area contributed by atoms with Crippen LogP contribution in [0.25, 0.3) is 0 Å². The van der Waals surface area contributed by atoms with E-state index in [0.29, 0.717) is 11.6 Å². The lowest BCUT2D eigenvalue weighted by Gasteiger charge is -2.13. The predicted octanol–water partition coefficient (Wildman–Crippen LogP) is 2.53. The standard InChI is InChI=1S/C18H22ClN3O4/c19-13-6-7-15(14(10-13)17(20)24)26-11-16(23)22-18(25)21-9-8-12-4-2-1-3-5-12/h4,6-7,10H,1-3,5,8-9,11H2,(H2,20,24)(H2,21,22,23,25). The molecule has 0 saturated heterocycles. The van der Waals surface area contributed by atoms with E-state index in [9.17, 15) is 14.4 Å². The summed E-state index contributed by atoms with van der Waals surface area (Å²) < 4.78 is 5.26. The van der Waals surface area contributed by atoms with Gasteiger partial charge in [0.1, 0.15) is 5.75 Å². The topological polar surface area (TPSA) is 111 Å². The second-order valence-electron chi connectivity index (χ2n) is 5.96.